The third kappa shape index (κ3) is 4.52. The molecule has 0 spiro atoms. The maximum atomic E-state index is 13.1. The molecule has 0 saturated heterocycles. The zero-order valence-corrected chi connectivity index (χ0v) is 20.7. The van der Waals surface area contributed by atoms with E-state index in [1.807, 2.05) is 25.1 Å². The topological polar surface area (TPSA) is 61.8 Å². The molecule has 0 atom stereocenters. The predicted octanol–water partition coefficient (Wildman–Crippen LogP) is 6.41. The van der Waals surface area contributed by atoms with E-state index in [0.717, 1.165) is 48.3 Å². The largest absolute Gasteiger partial charge is 0.490 e. The van der Waals surface area contributed by atoms with Crippen LogP contribution in [0.1, 0.15) is 73.6 Å². The van der Waals surface area contributed by atoms with Crippen molar-refractivity contribution in [1.82, 2.24) is 0 Å². The second kappa shape index (κ2) is 9.73. The molecule has 0 radical (unpaired) electrons. The van der Waals surface area contributed by atoms with Gasteiger partial charge in [-0.2, -0.15) is 0 Å². The first-order valence-electron chi connectivity index (χ1n) is 12.6. The zero-order chi connectivity index (χ0) is 24.5. The standard InChI is InChI=1S/C30H32O5/c1-4-33-27-16-21(13-14-24(27)34-17-20-12-11-18(2)19(3)15-20)28-29-22(31)7-5-9-25(29)35-26-10-6-8-23(32)30(26)28/h11-16,28H,4-10,17H2,1-3H3. The molecule has 1 heterocycles. The van der Waals surface area contributed by atoms with E-state index in [4.69, 9.17) is 14.2 Å². The fourth-order valence-corrected chi connectivity index (χ4v) is 5.30. The van der Waals surface area contributed by atoms with E-state index in [0.29, 0.717) is 48.7 Å². The van der Waals surface area contributed by atoms with Crippen LogP contribution in [0, 0.1) is 13.8 Å². The number of carbonyl (C=O) groups is 2. The first-order valence-corrected chi connectivity index (χ1v) is 12.6. The van der Waals surface area contributed by atoms with E-state index in [9.17, 15) is 9.59 Å². The highest BCUT2D eigenvalue weighted by Gasteiger charge is 2.41. The molecule has 5 nitrogen and oxygen atoms in total. The van der Waals surface area contributed by atoms with Crippen LogP contribution in [0.3, 0.4) is 0 Å². The van der Waals surface area contributed by atoms with E-state index in [1.165, 1.54) is 11.1 Å². The molecule has 3 aliphatic rings. The summed E-state index contributed by atoms with van der Waals surface area (Å²) in [7, 11) is 0. The molecule has 5 rings (SSSR count). The van der Waals surface area contributed by atoms with Gasteiger partial charge in [0.1, 0.15) is 18.1 Å². The van der Waals surface area contributed by atoms with Gasteiger partial charge in [0, 0.05) is 42.7 Å². The first kappa shape index (κ1) is 23.4. The minimum atomic E-state index is -0.401. The molecule has 0 fully saturated rings. The lowest BCUT2D eigenvalue weighted by Gasteiger charge is -2.36. The molecule has 2 aliphatic carbocycles. The molecule has 35 heavy (non-hydrogen) atoms. The maximum absolute atomic E-state index is 13.1. The van der Waals surface area contributed by atoms with Crippen molar-refractivity contribution in [3.8, 4) is 11.5 Å². The van der Waals surface area contributed by atoms with Gasteiger partial charge in [0.05, 0.1) is 6.61 Å². The normalized spacial score (nSPS) is 18.3. The van der Waals surface area contributed by atoms with Crippen LogP contribution in [0.25, 0.3) is 0 Å². The third-order valence-electron chi connectivity index (χ3n) is 7.21. The minimum absolute atomic E-state index is 0.0780. The summed E-state index contributed by atoms with van der Waals surface area (Å²) in [5, 5.41) is 0. The average molecular weight is 473 g/mol. The van der Waals surface area contributed by atoms with Crippen LogP contribution in [-0.2, 0) is 20.9 Å². The van der Waals surface area contributed by atoms with Gasteiger partial charge in [0.25, 0.3) is 0 Å². The highest BCUT2D eigenvalue weighted by molar-refractivity contribution is 6.05. The number of ether oxygens (including phenoxy) is 3. The SMILES string of the molecule is CCOc1cc(C2C3=C(CCCC3=O)OC3=C2C(=O)CCC3)ccc1OCc1ccc(C)c(C)c1. The van der Waals surface area contributed by atoms with E-state index >= 15 is 0 Å². The van der Waals surface area contributed by atoms with Gasteiger partial charge in [-0.3, -0.25) is 9.59 Å². The van der Waals surface area contributed by atoms with Crippen molar-refractivity contribution in [2.24, 2.45) is 0 Å². The van der Waals surface area contributed by atoms with E-state index < -0.39 is 5.92 Å². The van der Waals surface area contributed by atoms with E-state index in [2.05, 4.69) is 32.0 Å². The quantitative estimate of drug-likeness (QED) is 0.486. The van der Waals surface area contributed by atoms with Gasteiger partial charge in [0.2, 0.25) is 0 Å². The first-order chi connectivity index (χ1) is 17.0. The van der Waals surface area contributed by atoms with Crippen LogP contribution >= 0.6 is 0 Å². The lowest BCUT2D eigenvalue weighted by molar-refractivity contribution is -0.117. The Morgan fingerprint density at radius 2 is 1.49 bits per heavy atom. The molecule has 0 amide bonds. The van der Waals surface area contributed by atoms with Crippen LogP contribution in [0.5, 0.6) is 11.5 Å². The average Bonchev–Trinajstić information content (AvgIpc) is 2.84. The summed E-state index contributed by atoms with van der Waals surface area (Å²) in [6.07, 6.45) is 4.03. The summed E-state index contributed by atoms with van der Waals surface area (Å²) in [6.45, 7) is 7.04. The van der Waals surface area contributed by atoms with E-state index in [-0.39, 0.29) is 11.6 Å². The Hall–Kier alpha value is -3.34. The summed E-state index contributed by atoms with van der Waals surface area (Å²) in [4.78, 5) is 26.1. The number of allylic oxidation sites excluding steroid dienone is 4. The van der Waals surface area contributed by atoms with Crippen molar-refractivity contribution in [2.75, 3.05) is 6.61 Å². The molecular weight excluding hydrogens is 440 g/mol. The number of rotatable bonds is 6. The Labute approximate surface area is 206 Å². The second-order valence-electron chi connectivity index (χ2n) is 9.61. The Balaban J connectivity index is 1.51. The molecule has 182 valence electrons. The molecule has 0 N–H and O–H groups in total. The Bertz CT molecular complexity index is 1210. The van der Waals surface area contributed by atoms with E-state index in [1.54, 1.807) is 0 Å². The van der Waals surface area contributed by atoms with Crippen molar-refractivity contribution in [2.45, 2.75) is 71.8 Å². The smallest absolute Gasteiger partial charge is 0.163 e. The molecule has 1 aliphatic heterocycles. The van der Waals surface area contributed by atoms with Crippen molar-refractivity contribution in [3.63, 3.8) is 0 Å². The van der Waals surface area contributed by atoms with Crippen molar-refractivity contribution in [3.05, 3.63) is 81.3 Å². The summed E-state index contributed by atoms with van der Waals surface area (Å²) < 4.78 is 18.3. The van der Waals surface area contributed by atoms with Gasteiger partial charge in [-0.25, -0.2) is 0 Å². The van der Waals surface area contributed by atoms with Crippen molar-refractivity contribution < 1.29 is 23.8 Å². The molecule has 2 aromatic carbocycles. The third-order valence-corrected chi connectivity index (χ3v) is 7.21. The summed E-state index contributed by atoms with van der Waals surface area (Å²) in [5.41, 5.74) is 5.75. The Kier molecular flexibility index (Phi) is 6.50. The number of carbonyl (C=O) groups excluding carboxylic acids is 2. The maximum Gasteiger partial charge on any atom is 0.163 e. The highest BCUT2D eigenvalue weighted by atomic mass is 16.5. The van der Waals surface area contributed by atoms with Crippen LogP contribution in [0.4, 0.5) is 0 Å². The number of ketones is 2. The monoisotopic (exact) mass is 472 g/mol. The fraction of sp³-hybridized carbons (Fsp3) is 0.400. The molecule has 5 heteroatoms. The number of aryl methyl sites for hydroxylation is 2. The van der Waals surface area contributed by atoms with Gasteiger partial charge in [-0.15, -0.1) is 0 Å². The Morgan fingerprint density at radius 3 is 2.11 bits per heavy atom. The minimum Gasteiger partial charge on any atom is -0.490 e. The molecule has 0 aromatic heterocycles. The van der Waals surface area contributed by atoms with Gasteiger partial charge in [0.15, 0.2) is 23.1 Å². The highest BCUT2D eigenvalue weighted by Crippen LogP contribution is 2.48. The summed E-state index contributed by atoms with van der Waals surface area (Å²) in [6, 6.07) is 12.1. The predicted molar refractivity (Wildman–Crippen MR) is 133 cm³/mol. The lowest BCUT2D eigenvalue weighted by atomic mass is 9.73. The number of benzene rings is 2. The van der Waals surface area contributed by atoms with Gasteiger partial charge in [-0.1, -0.05) is 24.3 Å². The molecule has 0 bridgehead atoms. The number of Topliss-reactive ketones (excluding diaryl/α,β-unsaturated/α-hetero) is 2. The molecule has 2 aromatic rings. The van der Waals surface area contributed by atoms with Gasteiger partial charge >= 0.3 is 0 Å². The molecular formula is C30H32O5. The van der Waals surface area contributed by atoms with Crippen LogP contribution in [0.15, 0.2) is 59.1 Å². The van der Waals surface area contributed by atoms with Gasteiger partial charge < -0.3 is 14.2 Å². The van der Waals surface area contributed by atoms with Crippen molar-refractivity contribution >= 4 is 11.6 Å². The second-order valence-corrected chi connectivity index (χ2v) is 9.61. The van der Waals surface area contributed by atoms with Crippen LogP contribution in [0.2, 0.25) is 0 Å². The van der Waals surface area contributed by atoms with Gasteiger partial charge in [-0.05, 0) is 68.0 Å². The van der Waals surface area contributed by atoms with Crippen LogP contribution in [-0.4, -0.2) is 18.2 Å². The molecule has 0 saturated carbocycles. The molecule has 0 unspecified atom stereocenters. The number of hydrogen-bond acceptors (Lipinski definition) is 5. The van der Waals surface area contributed by atoms with Crippen LogP contribution < -0.4 is 9.47 Å². The van der Waals surface area contributed by atoms with Crippen molar-refractivity contribution in [1.29, 1.82) is 0 Å². The Morgan fingerprint density at radius 1 is 0.800 bits per heavy atom. The lowest BCUT2D eigenvalue weighted by Crippen LogP contribution is -2.30. The summed E-state index contributed by atoms with van der Waals surface area (Å²) >= 11 is 0. The fourth-order valence-electron chi connectivity index (χ4n) is 5.30. The summed E-state index contributed by atoms with van der Waals surface area (Å²) in [5.74, 6) is 2.51. The number of hydrogen-bond donors (Lipinski definition) is 0. The zero-order valence-electron chi connectivity index (χ0n) is 20.7.